The van der Waals surface area contributed by atoms with Gasteiger partial charge in [0.05, 0.1) is 5.41 Å². The predicted octanol–water partition coefficient (Wildman–Crippen LogP) is 9.06. The Morgan fingerprint density at radius 3 is 1.41 bits per heavy atom. The molecule has 0 aliphatic heterocycles. The van der Waals surface area contributed by atoms with Crippen molar-refractivity contribution in [3.8, 4) is 0 Å². The molecule has 0 bridgehead atoms. The average molecular weight is 553 g/mol. The van der Waals surface area contributed by atoms with Gasteiger partial charge >= 0.3 is 35.1 Å². The summed E-state index contributed by atoms with van der Waals surface area (Å²) in [5.41, 5.74) is -1.68. The Bertz CT molecular complexity index is 869. The second-order valence-electron chi connectivity index (χ2n) is 6.26. The molecule has 1 rings (SSSR count). The third kappa shape index (κ3) is 3.83. The van der Waals surface area contributed by atoms with Crippen LogP contribution in [-0.2, 0) is 0 Å². The Kier molecular flexibility index (Phi) is 5.94. The van der Waals surface area contributed by atoms with Crippen LogP contribution in [0.1, 0.15) is 6.42 Å². The largest absolute Gasteiger partial charge is 0.460 e. The highest BCUT2D eigenvalue weighted by molar-refractivity contribution is 8.52. The molecule has 0 saturated carbocycles. The summed E-state index contributed by atoms with van der Waals surface area (Å²) >= 11 is 5.24. The molecule has 0 radical (unpaired) electrons. The van der Waals surface area contributed by atoms with Crippen molar-refractivity contribution in [3.05, 3.63) is 34.2 Å². The summed E-state index contributed by atoms with van der Waals surface area (Å²) in [5, 5.41) is -11.5. The maximum absolute atomic E-state index is 13.8. The van der Waals surface area contributed by atoms with E-state index < -0.39 is 62.4 Å². The predicted molar refractivity (Wildman–Crippen MR) is 78.6 cm³/mol. The zero-order valence-electron chi connectivity index (χ0n) is 14.2. The highest BCUT2D eigenvalue weighted by Crippen LogP contribution is 3.06. The number of hydrogen-bond acceptors (Lipinski definition) is 0. The van der Waals surface area contributed by atoms with Crippen LogP contribution in [0.2, 0.25) is 0 Å². The molecule has 0 aromatic heterocycles. The van der Waals surface area contributed by atoms with Gasteiger partial charge in [-0.2, -0.15) is 57.1 Å². The Morgan fingerprint density at radius 1 is 0.656 bits per heavy atom. The zero-order chi connectivity index (χ0) is 26.1. The fourth-order valence-corrected chi connectivity index (χ4v) is 3.76. The van der Waals surface area contributed by atoms with Gasteiger partial charge in [-0.3, -0.25) is 0 Å². The first-order chi connectivity index (χ1) is 13.5. The lowest BCUT2D eigenvalue weighted by atomic mass is 9.98. The molecule has 0 N–H and O–H groups in total. The first-order valence-corrected chi connectivity index (χ1v) is 9.69. The van der Waals surface area contributed by atoms with Gasteiger partial charge in [0.25, 0.3) is 0 Å². The van der Waals surface area contributed by atoms with E-state index >= 15 is 0 Å². The maximum Gasteiger partial charge on any atom is 0.460 e. The van der Waals surface area contributed by atoms with Crippen LogP contribution in [-0.4, -0.2) is 35.1 Å². The van der Waals surface area contributed by atoms with Gasteiger partial charge in [-0.1, -0.05) is 23.8 Å². The quantitative estimate of drug-likeness (QED) is 0.288. The lowest BCUT2D eigenvalue weighted by Crippen LogP contribution is -2.71. The van der Waals surface area contributed by atoms with Gasteiger partial charge in [0.15, 0.2) is 0 Å². The van der Waals surface area contributed by atoms with Crippen LogP contribution in [0.3, 0.4) is 0 Å². The fourth-order valence-electron chi connectivity index (χ4n) is 2.03. The van der Waals surface area contributed by atoms with Crippen molar-refractivity contribution in [2.24, 2.45) is 0 Å². The van der Waals surface area contributed by atoms with E-state index in [2.05, 4.69) is 0 Å². The van der Waals surface area contributed by atoms with Crippen LogP contribution in [0.5, 0.6) is 0 Å². The molecule has 0 spiro atoms. The molecular formula is C13H6ClF17S. The minimum absolute atomic E-state index is 0.0828. The summed E-state index contributed by atoms with van der Waals surface area (Å²) in [4.78, 5) is 0. The van der Waals surface area contributed by atoms with Crippen molar-refractivity contribution in [2.45, 2.75) is 41.5 Å². The Labute approximate surface area is 170 Å². The van der Waals surface area contributed by atoms with Gasteiger partial charge in [-0.25, -0.2) is 0 Å². The molecule has 32 heavy (non-hydrogen) atoms. The van der Waals surface area contributed by atoms with Crippen molar-refractivity contribution in [3.63, 3.8) is 0 Å². The fraction of sp³-hybridized carbons (Fsp3) is 0.538. The normalized spacial score (nSPS) is 21.3. The van der Waals surface area contributed by atoms with Crippen molar-refractivity contribution in [1.82, 2.24) is 0 Å². The lowest BCUT2D eigenvalue weighted by molar-refractivity contribution is -0.434. The number of rotatable bonds is 6. The number of allylic oxidation sites excluding steroid dienone is 5. The molecule has 0 aromatic carbocycles. The molecule has 0 fully saturated rings. The molecule has 0 atom stereocenters. The van der Waals surface area contributed by atoms with E-state index in [0.717, 1.165) is 0 Å². The molecule has 1 aliphatic rings. The summed E-state index contributed by atoms with van der Waals surface area (Å²) < 4.78 is 224. The Balaban J connectivity index is 3.79. The molecule has 0 aromatic rings. The summed E-state index contributed by atoms with van der Waals surface area (Å²) in [5.74, 6) is -34.5. The summed E-state index contributed by atoms with van der Waals surface area (Å²) in [7, 11) is -12.1. The molecule has 0 saturated heterocycles. The smallest absolute Gasteiger partial charge is 0.192 e. The standard InChI is InChI=1S/C13H6ClF17S/c14-7-3-1-6(2-4-7)5-32(28,29,30,31)13(26,27)11(21,22)9(17,18)8(15,16)10(19,20)12(23,24)25/h1,3-5H,2H2. The highest BCUT2D eigenvalue weighted by atomic mass is 35.5. The van der Waals surface area contributed by atoms with Crippen LogP contribution in [0, 0.1) is 0 Å². The molecular weight excluding hydrogens is 547 g/mol. The van der Waals surface area contributed by atoms with Gasteiger partial charge < -0.3 is 0 Å². The number of alkyl halides is 13. The van der Waals surface area contributed by atoms with E-state index in [1.807, 2.05) is 0 Å². The topological polar surface area (TPSA) is 0 Å². The Morgan fingerprint density at radius 2 is 1.06 bits per heavy atom. The molecule has 0 nitrogen and oxygen atoms in total. The number of hydrogen-bond donors (Lipinski definition) is 0. The monoisotopic (exact) mass is 552 g/mol. The third-order valence-electron chi connectivity index (χ3n) is 3.82. The van der Waals surface area contributed by atoms with Crippen molar-refractivity contribution < 1.29 is 72.6 Å². The van der Waals surface area contributed by atoms with E-state index in [4.69, 9.17) is 11.6 Å². The molecule has 19 heteroatoms. The second kappa shape index (κ2) is 6.63. The van der Waals surface area contributed by atoms with E-state index in [1.54, 1.807) is 0 Å². The highest BCUT2D eigenvalue weighted by Gasteiger charge is 2.98. The molecule has 1 aliphatic carbocycles. The van der Waals surface area contributed by atoms with Crippen LogP contribution in [0.15, 0.2) is 34.2 Å². The lowest BCUT2D eigenvalue weighted by Gasteiger charge is -2.55. The SMILES string of the molecule is FC(F)(F)C(F)(F)C(F)(F)C(F)(F)C(F)(F)C(F)(F)S(F)(F)(F)(F)C=C1C=CC(Cl)=CC1. The minimum atomic E-state index is -12.1. The van der Waals surface area contributed by atoms with Gasteiger partial charge in [0, 0.05) is 5.03 Å². The molecule has 0 unspecified atom stereocenters. The van der Waals surface area contributed by atoms with Crippen LogP contribution in [0.25, 0.3) is 0 Å². The van der Waals surface area contributed by atoms with Crippen molar-refractivity contribution in [1.29, 1.82) is 0 Å². The molecule has 0 amide bonds. The van der Waals surface area contributed by atoms with Crippen LogP contribution >= 0.6 is 21.4 Å². The maximum atomic E-state index is 13.8. The first-order valence-electron chi connectivity index (χ1n) is 7.20. The van der Waals surface area contributed by atoms with Gasteiger partial charge in [-0.15, -0.1) is 15.5 Å². The van der Waals surface area contributed by atoms with E-state index in [0.29, 0.717) is 12.2 Å². The third-order valence-corrected chi connectivity index (χ3v) is 6.20. The molecule has 190 valence electrons. The number of halogens is 18. The van der Waals surface area contributed by atoms with E-state index in [-0.39, 0.29) is 11.1 Å². The van der Waals surface area contributed by atoms with E-state index in [9.17, 15) is 72.6 Å². The van der Waals surface area contributed by atoms with Gasteiger partial charge in [0.2, 0.25) is 9.84 Å². The van der Waals surface area contributed by atoms with Crippen molar-refractivity contribution in [2.75, 3.05) is 0 Å². The van der Waals surface area contributed by atoms with Crippen molar-refractivity contribution >= 4 is 21.4 Å². The first kappa shape index (κ1) is 28.7. The van der Waals surface area contributed by atoms with Gasteiger partial charge in [-0.05, 0) is 18.1 Å². The van der Waals surface area contributed by atoms with E-state index in [1.165, 1.54) is 0 Å². The minimum Gasteiger partial charge on any atom is -0.192 e. The summed E-state index contributed by atoms with van der Waals surface area (Å²) in [6.45, 7) is 0. The average Bonchev–Trinajstić information content (AvgIpc) is 2.53. The van der Waals surface area contributed by atoms with Gasteiger partial charge in [0.1, 0.15) is 0 Å². The van der Waals surface area contributed by atoms with Crippen LogP contribution < -0.4 is 0 Å². The molecule has 0 heterocycles. The summed E-state index contributed by atoms with van der Waals surface area (Å²) in [6.07, 6.45) is -7.96. The van der Waals surface area contributed by atoms with Crippen LogP contribution in [0.4, 0.5) is 72.6 Å². The Hall–Kier alpha value is -1.33. The summed E-state index contributed by atoms with van der Waals surface area (Å²) in [6, 6.07) is 0. The second-order valence-corrected chi connectivity index (χ2v) is 9.71. The zero-order valence-corrected chi connectivity index (χ0v) is 15.8.